The van der Waals surface area contributed by atoms with E-state index in [0.717, 1.165) is 5.56 Å². The third-order valence-corrected chi connectivity index (χ3v) is 3.40. The maximum atomic E-state index is 11.8. The van der Waals surface area contributed by atoms with Gasteiger partial charge in [0.2, 0.25) is 0 Å². The number of halogens is 1. The summed E-state index contributed by atoms with van der Waals surface area (Å²) in [7, 11) is 1.33. The fourth-order valence-corrected chi connectivity index (χ4v) is 2.26. The van der Waals surface area contributed by atoms with Gasteiger partial charge in [-0.05, 0) is 31.2 Å². The number of ether oxygens (including phenoxy) is 1. The van der Waals surface area contributed by atoms with E-state index in [-0.39, 0.29) is 11.8 Å². The zero-order valence-electron chi connectivity index (χ0n) is 11.8. The Morgan fingerprint density at radius 1 is 1.29 bits per heavy atom. The molecule has 0 bridgehead atoms. The molecule has 0 amide bonds. The van der Waals surface area contributed by atoms with Gasteiger partial charge >= 0.3 is 5.97 Å². The lowest BCUT2D eigenvalue weighted by molar-refractivity contribution is 0.0602. The summed E-state index contributed by atoms with van der Waals surface area (Å²) in [6.07, 6.45) is 0. The molecule has 21 heavy (non-hydrogen) atoms. The van der Waals surface area contributed by atoms with E-state index in [0.29, 0.717) is 16.3 Å². The van der Waals surface area contributed by atoms with Crippen LogP contribution in [0.1, 0.15) is 28.9 Å². The molecule has 2 aromatic rings. The summed E-state index contributed by atoms with van der Waals surface area (Å²) in [6.45, 7) is 1.89. The summed E-state index contributed by atoms with van der Waals surface area (Å²) in [5.74, 6) is -0.252. The molecule has 0 saturated carbocycles. The molecule has 2 aromatic carbocycles. The third kappa shape index (κ3) is 3.47. The van der Waals surface area contributed by atoms with E-state index in [1.54, 1.807) is 30.3 Å². The van der Waals surface area contributed by atoms with Crippen LogP contribution in [-0.2, 0) is 4.74 Å². The Morgan fingerprint density at radius 2 is 2.00 bits per heavy atom. The quantitative estimate of drug-likeness (QED) is 0.838. The first kappa shape index (κ1) is 15.2. The highest BCUT2D eigenvalue weighted by Crippen LogP contribution is 2.29. The largest absolute Gasteiger partial charge is 0.508 e. The SMILES string of the molecule is COC(=O)c1ccc(Cl)cc1NC(C)c1ccccc1O. The van der Waals surface area contributed by atoms with Crippen LogP contribution in [-0.4, -0.2) is 18.2 Å². The number of carbonyl (C=O) groups is 1. The highest BCUT2D eigenvalue weighted by atomic mass is 35.5. The second-order valence-electron chi connectivity index (χ2n) is 4.61. The number of carbonyl (C=O) groups excluding carboxylic acids is 1. The number of anilines is 1. The number of phenolic OH excluding ortho intramolecular Hbond substituents is 1. The van der Waals surface area contributed by atoms with Crippen LogP contribution >= 0.6 is 11.6 Å². The Labute approximate surface area is 128 Å². The molecular formula is C16H16ClNO3. The molecule has 4 nitrogen and oxygen atoms in total. The second-order valence-corrected chi connectivity index (χ2v) is 5.04. The van der Waals surface area contributed by atoms with Gasteiger partial charge < -0.3 is 15.2 Å². The number of benzene rings is 2. The van der Waals surface area contributed by atoms with Crippen LogP contribution in [0.15, 0.2) is 42.5 Å². The molecule has 0 heterocycles. The van der Waals surface area contributed by atoms with Crippen molar-refractivity contribution in [2.75, 3.05) is 12.4 Å². The molecule has 1 unspecified atom stereocenters. The monoisotopic (exact) mass is 305 g/mol. The lowest BCUT2D eigenvalue weighted by Crippen LogP contribution is -2.12. The summed E-state index contributed by atoms with van der Waals surface area (Å²) < 4.78 is 4.76. The van der Waals surface area contributed by atoms with Crippen molar-refractivity contribution in [1.82, 2.24) is 0 Å². The van der Waals surface area contributed by atoms with Crippen molar-refractivity contribution >= 4 is 23.3 Å². The van der Waals surface area contributed by atoms with Crippen molar-refractivity contribution in [3.05, 3.63) is 58.6 Å². The first-order chi connectivity index (χ1) is 10.0. The molecule has 0 aliphatic heterocycles. The average molecular weight is 306 g/mol. The zero-order chi connectivity index (χ0) is 15.4. The van der Waals surface area contributed by atoms with Gasteiger partial charge in [0.1, 0.15) is 5.75 Å². The van der Waals surface area contributed by atoms with Crippen LogP contribution in [0.3, 0.4) is 0 Å². The van der Waals surface area contributed by atoms with Gasteiger partial charge in [-0.2, -0.15) is 0 Å². The van der Waals surface area contributed by atoms with E-state index >= 15 is 0 Å². The van der Waals surface area contributed by atoms with E-state index in [4.69, 9.17) is 16.3 Å². The van der Waals surface area contributed by atoms with Crippen molar-refractivity contribution in [3.8, 4) is 5.75 Å². The highest BCUT2D eigenvalue weighted by Gasteiger charge is 2.16. The molecule has 110 valence electrons. The number of aromatic hydroxyl groups is 1. The summed E-state index contributed by atoms with van der Waals surface area (Å²) >= 11 is 5.98. The summed E-state index contributed by atoms with van der Waals surface area (Å²) in [5.41, 5.74) is 1.68. The smallest absolute Gasteiger partial charge is 0.339 e. The Kier molecular flexibility index (Phi) is 4.70. The Balaban J connectivity index is 2.32. The molecule has 0 aliphatic rings. The zero-order valence-corrected chi connectivity index (χ0v) is 12.5. The minimum Gasteiger partial charge on any atom is -0.508 e. The van der Waals surface area contributed by atoms with Crippen LogP contribution in [0, 0.1) is 0 Å². The molecule has 0 saturated heterocycles. The Hall–Kier alpha value is -2.20. The molecule has 0 aliphatic carbocycles. The van der Waals surface area contributed by atoms with Crippen LogP contribution < -0.4 is 5.32 Å². The van der Waals surface area contributed by atoms with Gasteiger partial charge in [0, 0.05) is 10.6 Å². The molecule has 1 atom stereocenters. The van der Waals surface area contributed by atoms with Gasteiger partial charge in [0.05, 0.1) is 24.4 Å². The molecule has 2 N–H and O–H groups in total. The van der Waals surface area contributed by atoms with E-state index in [1.807, 2.05) is 19.1 Å². The summed E-state index contributed by atoms with van der Waals surface area (Å²) in [6, 6.07) is 11.7. The van der Waals surface area contributed by atoms with E-state index in [1.165, 1.54) is 7.11 Å². The second kappa shape index (κ2) is 6.50. The molecular weight excluding hydrogens is 290 g/mol. The number of phenols is 1. The van der Waals surface area contributed by atoms with Crippen molar-refractivity contribution in [1.29, 1.82) is 0 Å². The first-order valence-electron chi connectivity index (χ1n) is 6.45. The van der Waals surface area contributed by atoms with E-state index in [9.17, 15) is 9.90 Å². The number of hydrogen-bond acceptors (Lipinski definition) is 4. The maximum Gasteiger partial charge on any atom is 0.339 e. The number of nitrogens with one attached hydrogen (secondary N) is 1. The predicted octanol–water partition coefficient (Wildman–Crippen LogP) is 4.01. The molecule has 0 radical (unpaired) electrons. The van der Waals surface area contributed by atoms with Gasteiger partial charge in [0.15, 0.2) is 0 Å². The highest BCUT2D eigenvalue weighted by molar-refractivity contribution is 6.31. The average Bonchev–Trinajstić information content (AvgIpc) is 2.47. The van der Waals surface area contributed by atoms with Crippen molar-refractivity contribution in [3.63, 3.8) is 0 Å². The lowest BCUT2D eigenvalue weighted by Gasteiger charge is -2.19. The minimum atomic E-state index is -0.446. The van der Waals surface area contributed by atoms with Gasteiger partial charge in [-0.25, -0.2) is 4.79 Å². The van der Waals surface area contributed by atoms with Gasteiger partial charge in [-0.3, -0.25) is 0 Å². The number of hydrogen-bond donors (Lipinski definition) is 2. The Bertz CT molecular complexity index is 658. The molecule has 5 heteroatoms. The van der Waals surface area contributed by atoms with Crippen molar-refractivity contribution < 1.29 is 14.6 Å². The first-order valence-corrected chi connectivity index (χ1v) is 6.83. The lowest BCUT2D eigenvalue weighted by atomic mass is 10.1. The minimum absolute atomic E-state index is 0.194. The van der Waals surface area contributed by atoms with Crippen LogP contribution in [0.5, 0.6) is 5.75 Å². The summed E-state index contributed by atoms with van der Waals surface area (Å²) in [4.78, 5) is 11.8. The number of rotatable bonds is 4. The standard InChI is InChI=1S/C16H16ClNO3/c1-10(12-5-3-4-6-15(12)19)18-14-9-11(17)7-8-13(14)16(20)21-2/h3-10,18-19H,1-2H3. The Morgan fingerprint density at radius 3 is 2.67 bits per heavy atom. The molecule has 0 fully saturated rings. The number of para-hydroxylation sites is 1. The molecule has 0 aromatic heterocycles. The fourth-order valence-electron chi connectivity index (χ4n) is 2.09. The van der Waals surface area contributed by atoms with Crippen LogP contribution in [0.2, 0.25) is 5.02 Å². The molecule has 0 spiro atoms. The third-order valence-electron chi connectivity index (χ3n) is 3.16. The van der Waals surface area contributed by atoms with Gasteiger partial charge in [0.25, 0.3) is 0 Å². The van der Waals surface area contributed by atoms with E-state index < -0.39 is 5.97 Å². The topological polar surface area (TPSA) is 58.6 Å². The maximum absolute atomic E-state index is 11.8. The number of methoxy groups -OCH3 is 1. The fraction of sp³-hybridized carbons (Fsp3) is 0.188. The molecule has 2 rings (SSSR count). The van der Waals surface area contributed by atoms with Crippen molar-refractivity contribution in [2.24, 2.45) is 0 Å². The predicted molar refractivity (Wildman–Crippen MR) is 82.9 cm³/mol. The normalized spacial score (nSPS) is 11.8. The van der Waals surface area contributed by atoms with Gasteiger partial charge in [-0.15, -0.1) is 0 Å². The van der Waals surface area contributed by atoms with Gasteiger partial charge in [-0.1, -0.05) is 29.8 Å². The number of esters is 1. The van der Waals surface area contributed by atoms with Crippen LogP contribution in [0.25, 0.3) is 0 Å². The summed E-state index contributed by atoms with van der Waals surface area (Å²) in [5, 5.41) is 13.6. The van der Waals surface area contributed by atoms with E-state index in [2.05, 4.69) is 5.32 Å². The van der Waals surface area contributed by atoms with Crippen molar-refractivity contribution in [2.45, 2.75) is 13.0 Å². The van der Waals surface area contributed by atoms with Crippen LogP contribution in [0.4, 0.5) is 5.69 Å².